The molecular formula is C36H24N2. The van der Waals surface area contributed by atoms with Crippen molar-refractivity contribution in [3.05, 3.63) is 145 Å². The highest BCUT2D eigenvalue weighted by Gasteiger charge is 2.19. The van der Waals surface area contributed by atoms with Gasteiger partial charge in [-0.15, -0.1) is 0 Å². The summed E-state index contributed by atoms with van der Waals surface area (Å²) in [6.45, 7) is 0. The van der Waals surface area contributed by atoms with E-state index in [2.05, 4.69) is 0 Å². The summed E-state index contributed by atoms with van der Waals surface area (Å²) in [5.74, 6) is 0. The third kappa shape index (κ3) is 3.01. The quantitative estimate of drug-likeness (QED) is 0.232. The summed E-state index contributed by atoms with van der Waals surface area (Å²) in [4.78, 5) is 0. The average Bonchev–Trinajstić information content (AvgIpc) is 3.60. The Morgan fingerprint density at radius 3 is 1.92 bits per heavy atom. The molecule has 0 aliphatic carbocycles. The van der Waals surface area contributed by atoms with Crippen molar-refractivity contribution in [2.75, 3.05) is 0 Å². The molecule has 0 unspecified atom stereocenters. The van der Waals surface area contributed by atoms with Gasteiger partial charge in [0.05, 0.1) is 38.7 Å². The molecule has 38 heavy (non-hydrogen) atoms. The first kappa shape index (κ1) is 14.6. The molecule has 8 aromatic rings. The zero-order valence-electron chi connectivity index (χ0n) is 28.1. The largest absolute Gasteiger partial charge is 0.307 e. The van der Waals surface area contributed by atoms with Gasteiger partial charge < -0.3 is 9.13 Å². The van der Waals surface area contributed by atoms with Gasteiger partial charge in [0.15, 0.2) is 0 Å². The van der Waals surface area contributed by atoms with E-state index in [-0.39, 0.29) is 46.5 Å². The van der Waals surface area contributed by atoms with Crippen LogP contribution >= 0.6 is 0 Å². The number of fused-ring (bicyclic) bond motifs is 6. The number of aromatic nitrogens is 2. The summed E-state index contributed by atoms with van der Waals surface area (Å²) in [7, 11) is 0. The van der Waals surface area contributed by atoms with Crippen LogP contribution in [0.3, 0.4) is 0 Å². The fourth-order valence-electron chi connectivity index (χ4n) is 5.54. The number of hydrogen-bond donors (Lipinski definition) is 0. The van der Waals surface area contributed by atoms with Crippen LogP contribution in [0.15, 0.2) is 145 Å². The fourth-order valence-corrected chi connectivity index (χ4v) is 5.54. The number of nitrogens with zero attached hydrogens (tertiary/aromatic N) is 2. The van der Waals surface area contributed by atoms with Gasteiger partial charge in [0.25, 0.3) is 0 Å². The highest BCUT2D eigenvalue weighted by atomic mass is 15.1. The summed E-state index contributed by atoms with van der Waals surface area (Å²) in [5, 5.41) is 2.20. The number of para-hydroxylation sites is 4. The van der Waals surface area contributed by atoms with Gasteiger partial charge in [-0.2, -0.15) is 0 Å². The van der Waals surface area contributed by atoms with Crippen molar-refractivity contribution in [1.82, 2.24) is 9.13 Å². The minimum atomic E-state index is -0.430. The number of benzene rings is 6. The molecule has 0 saturated carbocycles. The Morgan fingerprint density at radius 1 is 0.447 bits per heavy atom. The summed E-state index contributed by atoms with van der Waals surface area (Å²) >= 11 is 0. The predicted molar refractivity (Wildman–Crippen MR) is 161 cm³/mol. The third-order valence-electron chi connectivity index (χ3n) is 7.15. The Hall–Kier alpha value is -5.08. The summed E-state index contributed by atoms with van der Waals surface area (Å²) < 4.78 is 74.1. The van der Waals surface area contributed by atoms with Crippen LogP contribution in [0.1, 0.15) is 11.0 Å². The molecule has 0 bridgehead atoms. The lowest BCUT2D eigenvalue weighted by Gasteiger charge is -2.15. The van der Waals surface area contributed by atoms with Gasteiger partial charge in [-0.1, -0.05) is 109 Å². The van der Waals surface area contributed by atoms with Crippen LogP contribution in [0.4, 0.5) is 0 Å². The highest BCUT2D eigenvalue weighted by Crippen LogP contribution is 2.39. The topological polar surface area (TPSA) is 9.86 Å². The van der Waals surface area contributed by atoms with Crippen molar-refractivity contribution >= 4 is 43.6 Å². The maximum Gasteiger partial charge on any atom is 0.0782 e. The SMILES string of the molecule is [2H]c1ccc(-c2cccc(-n3c4c([2H])c([2H])c([2H])c([2H])c4c4c([2H])c([2H])c([2H])c(-n5c6ccccc6c6ccccc65)c43)c2)cc1. The molecule has 0 radical (unpaired) electrons. The van der Waals surface area contributed by atoms with Crippen LogP contribution in [0.25, 0.3) is 66.1 Å². The lowest BCUT2D eigenvalue weighted by Crippen LogP contribution is -2.00. The molecule has 0 amide bonds. The predicted octanol–water partition coefficient (Wildman–Crippen LogP) is 9.55. The molecule has 178 valence electrons. The van der Waals surface area contributed by atoms with Crippen molar-refractivity contribution in [3.63, 3.8) is 0 Å². The van der Waals surface area contributed by atoms with Crippen molar-refractivity contribution in [2.45, 2.75) is 0 Å². The molecular weight excluding hydrogens is 460 g/mol. The molecule has 6 aromatic carbocycles. The normalized spacial score (nSPS) is 14.6. The molecule has 0 aliphatic heterocycles. The Morgan fingerprint density at radius 2 is 1.13 bits per heavy atom. The molecule has 0 aliphatic rings. The van der Waals surface area contributed by atoms with Crippen LogP contribution in [-0.4, -0.2) is 9.13 Å². The Labute approximate surface area is 231 Å². The molecule has 2 aromatic heterocycles. The molecule has 0 N–H and O–H groups in total. The van der Waals surface area contributed by atoms with Crippen LogP contribution in [0.5, 0.6) is 0 Å². The third-order valence-corrected chi connectivity index (χ3v) is 7.15. The molecule has 0 spiro atoms. The summed E-state index contributed by atoms with van der Waals surface area (Å²) in [6.07, 6.45) is 0. The van der Waals surface area contributed by atoms with Crippen LogP contribution in [0.2, 0.25) is 0 Å². The second-order valence-electron chi connectivity index (χ2n) is 9.21. The molecule has 8 rings (SSSR count). The Kier molecular flexibility index (Phi) is 3.16. The summed E-state index contributed by atoms with van der Waals surface area (Å²) in [6, 6.07) is 28.3. The summed E-state index contributed by atoms with van der Waals surface area (Å²) in [5.41, 5.74) is 4.65. The van der Waals surface area contributed by atoms with Gasteiger partial charge in [0, 0.05) is 27.2 Å². The first-order valence-corrected chi connectivity index (χ1v) is 12.4. The van der Waals surface area contributed by atoms with E-state index in [4.69, 9.17) is 9.60 Å². The van der Waals surface area contributed by atoms with E-state index in [1.807, 2.05) is 89.5 Å². The monoisotopic (exact) mass is 492 g/mol. The standard InChI is InChI=1S/C36H24N2/c1-2-12-25(13-3-1)26-14-10-15-27(24-26)37-32-20-7-6-18-30(32)31-19-11-23-35(36(31)37)38-33-21-8-4-16-28(33)29-17-5-9-22-34(29)38/h1-24H/i1D,6D,7D,11D,18D,19D,20D,23D. The lowest BCUT2D eigenvalue weighted by molar-refractivity contribution is 1.13. The zero-order chi connectivity index (χ0) is 32.0. The highest BCUT2D eigenvalue weighted by molar-refractivity contribution is 6.15. The van der Waals surface area contributed by atoms with E-state index in [0.717, 1.165) is 32.9 Å². The van der Waals surface area contributed by atoms with Gasteiger partial charge in [-0.3, -0.25) is 0 Å². The second-order valence-corrected chi connectivity index (χ2v) is 9.21. The van der Waals surface area contributed by atoms with E-state index in [1.165, 1.54) is 0 Å². The first-order chi connectivity index (χ1) is 22.2. The number of rotatable bonds is 3. The Bertz CT molecular complexity index is 2510. The van der Waals surface area contributed by atoms with E-state index >= 15 is 0 Å². The average molecular weight is 493 g/mol. The Balaban J connectivity index is 1.64. The van der Waals surface area contributed by atoms with Gasteiger partial charge >= 0.3 is 0 Å². The molecule has 0 saturated heterocycles. The maximum atomic E-state index is 9.34. The molecule has 2 nitrogen and oxygen atoms in total. The fraction of sp³-hybridized carbons (Fsp3) is 0. The van der Waals surface area contributed by atoms with Crippen LogP contribution in [0, 0.1) is 0 Å². The van der Waals surface area contributed by atoms with Crippen molar-refractivity contribution in [2.24, 2.45) is 0 Å². The molecule has 2 heteroatoms. The number of hydrogen-bond acceptors (Lipinski definition) is 0. The minimum Gasteiger partial charge on any atom is -0.307 e. The minimum absolute atomic E-state index is 0.130. The zero-order valence-corrected chi connectivity index (χ0v) is 20.1. The van der Waals surface area contributed by atoms with Crippen molar-refractivity contribution in [3.8, 4) is 22.5 Å². The van der Waals surface area contributed by atoms with E-state index in [0.29, 0.717) is 22.9 Å². The first-order valence-electron chi connectivity index (χ1n) is 16.4. The van der Waals surface area contributed by atoms with Crippen molar-refractivity contribution < 1.29 is 11.0 Å². The molecule has 2 heterocycles. The van der Waals surface area contributed by atoms with Gasteiger partial charge in [0.2, 0.25) is 0 Å². The maximum absolute atomic E-state index is 9.34. The molecule has 0 atom stereocenters. The van der Waals surface area contributed by atoms with E-state index in [9.17, 15) is 1.37 Å². The van der Waals surface area contributed by atoms with Gasteiger partial charge in [-0.05, 0) is 47.5 Å². The smallest absolute Gasteiger partial charge is 0.0782 e. The van der Waals surface area contributed by atoms with Crippen LogP contribution < -0.4 is 0 Å². The molecule has 0 fully saturated rings. The van der Waals surface area contributed by atoms with E-state index in [1.54, 1.807) is 16.7 Å². The lowest BCUT2D eigenvalue weighted by atomic mass is 10.1. The van der Waals surface area contributed by atoms with Gasteiger partial charge in [0.1, 0.15) is 0 Å². The van der Waals surface area contributed by atoms with E-state index < -0.39 is 12.1 Å². The van der Waals surface area contributed by atoms with Crippen LogP contribution in [-0.2, 0) is 0 Å². The van der Waals surface area contributed by atoms with Gasteiger partial charge in [-0.25, -0.2) is 0 Å². The second kappa shape index (κ2) is 8.22. The van der Waals surface area contributed by atoms with Crippen molar-refractivity contribution in [1.29, 1.82) is 0 Å².